The molecule has 0 bridgehead atoms. The highest BCUT2D eigenvalue weighted by Crippen LogP contribution is 2.37. The van der Waals surface area contributed by atoms with E-state index < -0.39 is 0 Å². The number of halogens is 1. The fourth-order valence-corrected chi connectivity index (χ4v) is 3.46. The fraction of sp³-hybridized carbons (Fsp3) is 0.292. The Morgan fingerprint density at radius 2 is 1.83 bits per heavy atom. The average molecular weight is 471 g/mol. The molecule has 0 spiro atoms. The van der Waals surface area contributed by atoms with Crippen LogP contribution in [0, 0.1) is 6.92 Å². The number of ether oxygens (including phenoxy) is 3. The van der Waals surface area contributed by atoms with Crippen molar-refractivity contribution in [1.29, 1.82) is 0 Å². The molecular formula is C24H27BrN2O3. The summed E-state index contributed by atoms with van der Waals surface area (Å²) in [4.78, 5) is 4.16. The highest BCUT2D eigenvalue weighted by Gasteiger charge is 2.15. The van der Waals surface area contributed by atoms with Gasteiger partial charge >= 0.3 is 0 Å². The summed E-state index contributed by atoms with van der Waals surface area (Å²) < 4.78 is 18.4. The van der Waals surface area contributed by atoms with E-state index >= 15 is 0 Å². The van der Waals surface area contributed by atoms with Crippen LogP contribution in [-0.2, 0) is 13.2 Å². The Labute approximate surface area is 186 Å². The zero-order valence-electron chi connectivity index (χ0n) is 17.4. The van der Waals surface area contributed by atoms with Crippen molar-refractivity contribution in [3.63, 3.8) is 0 Å². The molecule has 1 aromatic heterocycles. The zero-order valence-corrected chi connectivity index (χ0v) is 18.9. The molecule has 1 N–H and O–H groups in total. The second kappa shape index (κ2) is 11.6. The number of benzene rings is 2. The number of aromatic nitrogens is 1. The first-order valence-corrected chi connectivity index (χ1v) is 10.8. The first kappa shape index (κ1) is 22.1. The third-order valence-corrected chi connectivity index (χ3v) is 5.45. The van der Waals surface area contributed by atoms with Gasteiger partial charge in [-0.2, -0.15) is 0 Å². The van der Waals surface area contributed by atoms with Crippen LogP contribution in [0.2, 0.25) is 0 Å². The van der Waals surface area contributed by atoms with Crippen LogP contribution in [0.1, 0.15) is 23.1 Å². The van der Waals surface area contributed by atoms with E-state index in [1.54, 1.807) is 13.3 Å². The van der Waals surface area contributed by atoms with Crippen molar-refractivity contribution in [3.8, 4) is 17.4 Å². The van der Waals surface area contributed by atoms with Gasteiger partial charge in [0.15, 0.2) is 11.5 Å². The zero-order chi connectivity index (χ0) is 21.2. The van der Waals surface area contributed by atoms with E-state index in [1.807, 2.05) is 42.5 Å². The third-order valence-electron chi connectivity index (χ3n) is 4.71. The van der Waals surface area contributed by atoms with Gasteiger partial charge in [-0.15, -0.1) is 0 Å². The predicted molar refractivity (Wildman–Crippen MR) is 122 cm³/mol. The lowest BCUT2D eigenvalue weighted by atomic mass is 10.1. The number of nitrogens with zero attached hydrogens (tertiary/aromatic N) is 1. The number of hydrogen-bond acceptors (Lipinski definition) is 5. The summed E-state index contributed by atoms with van der Waals surface area (Å²) in [5.74, 6) is 2.13. The van der Waals surface area contributed by atoms with Crippen LogP contribution < -0.4 is 19.5 Å². The molecule has 0 radical (unpaired) electrons. The van der Waals surface area contributed by atoms with Crippen LogP contribution >= 0.6 is 15.9 Å². The van der Waals surface area contributed by atoms with Crippen LogP contribution in [0.4, 0.5) is 0 Å². The Kier molecular flexibility index (Phi) is 8.53. The van der Waals surface area contributed by atoms with Crippen molar-refractivity contribution >= 4 is 15.9 Å². The number of pyridine rings is 1. The smallest absolute Gasteiger partial charge is 0.213 e. The Bertz CT molecular complexity index is 935. The summed E-state index contributed by atoms with van der Waals surface area (Å²) in [5, 5.41) is 3.46. The second-order valence-corrected chi connectivity index (χ2v) is 7.67. The van der Waals surface area contributed by atoms with Crippen molar-refractivity contribution in [2.45, 2.75) is 26.5 Å². The lowest BCUT2D eigenvalue weighted by Crippen LogP contribution is -2.18. The summed E-state index contributed by atoms with van der Waals surface area (Å²) in [6.07, 6.45) is 2.60. The molecule has 6 heteroatoms. The topological polar surface area (TPSA) is 52.6 Å². The number of methoxy groups -OCH3 is 1. The van der Waals surface area contributed by atoms with E-state index in [9.17, 15) is 0 Å². The lowest BCUT2D eigenvalue weighted by molar-refractivity contribution is 0.279. The number of hydrogen-bond donors (Lipinski definition) is 1. The van der Waals surface area contributed by atoms with E-state index in [4.69, 9.17) is 14.2 Å². The van der Waals surface area contributed by atoms with Gasteiger partial charge in [0.2, 0.25) is 5.88 Å². The molecule has 0 aliphatic carbocycles. The first-order valence-electron chi connectivity index (χ1n) is 9.96. The van der Waals surface area contributed by atoms with Gasteiger partial charge in [0.25, 0.3) is 0 Å². The maximum atomic E-state index is 6.21. The molecule has 30 heavy (non-hydrogen) atoms. The molecule has 0 fully saturated rings. The fourth-order valence-electron chi connectivity index (χ4n) is 3.01. The third kappa shape index (κ3) is 6.21. The normalized spacial score (nSPS) is 10.6. The molecule has 0 unspecified atom stereocenters. The molecule has 0 aliphatic rings. The highest BCUT2D eigenvalue weighted by molar-refractivity contribution is 9.10. The minimum absolute atomic E-state index is 0.490. The molecule has 2 aromatic carbocycles. The van der Waals surface area contributed by atoms with E-state index in [0.29, 0.717) is 25.6 Å². The summed E-state index contributed by atoms with van der Waals surface area (Å²) in [5.41, 5.74) is 3.40. The van der Waals surface area contributed by atoms with Gasteiger partial charge in [-0.25, -0.2) is 4.98 Å². The molecule has 0 saturated heterocycles. The van der Waals surface area contributed by atoms with E-state index in [0.717, 1.165) is 40.1 Å². The predicted octanol–water partition coefficient (Wildman–Crippen LogP) is 5.30. The molecule has 5 nitrogen and oxygen atoms in total. The number of rotatable bonds is 11. The van der Waals surface area contributed by atoms with Gasteiger partial charge in [0, 0.05) is 28.8 Å². The summed E-state index contributed by atoms with van der Waals surface area (Å²) in [6, 6.07) is 17.8. The Morgan fingerprint density at radius 3 is 2.60 bits per heavy atom. The molecule has 3 aromatic rings. The quantitative estimate of drug-likeness (QED) is 0.385. The summed E-state index contributed by atoms with van der Waals surface area (Å²) in [7, 11) is 1.66. The molecule has 0 amide bonds. The van der Waals surface area contributed by atoms with Crippen molar-refractivity contribution < 1.29 is 14.2 Å². The molecular weight excluding hydrogens is 444 g/mol. The minimum atomic E-state index is 0.490. The second-order valence-electron chi connectivity index (χ2n) is 6.82. The Morgan fingerprint density at radius 1 is 1.00 bits per heavy atom. The Hall–Kier alpha value is -2.57. The van der Waals surface area contributed by atoms with Crippen molar-refractivity contribution in [2.75, 3.05) is 20.3 Å². The van der Waals surface area contributed by atoms with Gasteiger partial charge in [0.1, 0.15) is 6.61 Å². The van der Waals surface area contributed by atoms with E-state index in [1.165, 1.54) is 5.56 Å². The maximum Gasteiger partial charge on any atom is 0.213 e. The molecule has 0 saturated carbocycles. The molecule has 3 rings (SSSR count). The van der Waals surface area contributed by atoms with E-state index in [2.05, 4.69) is 45.3 Å². The average Bonchev–Trinajstić information content (AvgIpc) is 2.77. The van der Waals surface area contributed by atoms with Crippen LogP contribution in [-0.4, -0.2) is 25.2 Å². The lowest BCUT2D eigenvalue weighted by Gasteiger charge is -2.18. The van der Waals surface area contributed by atoms with Gasteiger partial charge in [0.05, 0.1) is 13.7 Å². The van der Waals surface area contributed by atoms with Crippen molar-refractivity contribution in [3.05, 3.63) is 82.0 Å². The van der Waals surface area contributed by atoms with Crippen LogP contribution in [0.5, 0.6) is 17.4 Å². The largest absolute Gasteiger partial charge is 0.493 e. The molecule has 1 heterocycles. The summed E-state index contributed by atoms with van der Waals surface area (Å²) >= 11 is 3.66. The Balaban J connectivity index is 1.57. The van der Waals surface area contributed by atoms with Gasteiger partial charge < -0.3 is 19.5 Å². The van der Waals surface area contributed by atoms with Crippen molar-refractivity contribution in [2.24, 2.45) is 0 Å². The molecule has 0 atom stereocenters. The van der Waals surface area contributed by atoms with Crippen LogP contribution in [0.15, 0.2) is 65.3 Å². The highest BCUT2D eigenvalue weighted by atomic mass is 79.9. The van der Waals surface area contributed by atoms with E-state index in [-0.39, 0.29) is 0 Å². The van der Waals surface area contributed by atoms with Gasteiger partial charge in [-0.05, 0) is 49.2 Å². The number of aryl methyl sites for hydroxylation is 1. The van der Waals surface area contributed by atoms with Crippen LogP contribution in [0.25, 0.3) is 0 Å². The van der Waals surface area contributed by atoms with Crippen molar-refractivity contribution in [1.82, 2.24) is 10.3 Å². The monoisotopic (exact) mass is 470 g/mol. The maximum absolute atomic E-state index is 6.21. The van der Waals surface area contributed by atoms with Gasteiger partial charge in [-0.3, -0.25) is 0 Å². The number of nitrogens with one attached hydrogen (secondary N) is 1. The SMILES string of the molecule is COc1ccc(Br)c(CNCCCOc2ccccn2)c1OCc1ccccc1C. The van der Waals surface area contributed by atoms with Crippen LogP contribution in [0.3, 0.4) is 0 Å². The van der Waals surface area contributed by atoms with Gasteiger partial charge in [-0.1, -0.05) is 46.3 Å². The molecule has 0 aliphatic heterocycles. The standard InChI is InChI=1S/C24H27BrN2O3/c1-18-8-3-4-9-19(18)17-30-24-20(21(25)11-12-22(24)28-2)16-26-13-7-15-29-23-10-5-6-14-27-23/h3-6,8-12,14,26H,7,13,15-17H2,1-2H3. The first-order chi connectivity index (χ1) is 14.7. The molecule has 158 valence electrons. The minimum Gasteiger partial charge on any atom is -0.493 e. The summed E-state index contributed by atoms with van der Waals surface area (Å²) in [6.45, 7) is 4.66.